The number of halogens is 1. The third kappa shape index (κ3) is 6.81. The highest BCUT2D eigenvalue weighted by Crippen LogP contribution is 2.17. The van der Waals surface area contributed by atoms with Crippen LogP contribution in [0, 0.1) is 0 Å². The Labute approximate surface area is 162 Å². The average molecular weight is 379 g/mol. The number of aryl methyl sites for hydroxylation is 1. The van der Waals surface area contributed by atoms with Crippen molar-refractivity contribution in [3.63, 3.8) is 0 Å². The van der Waals surface area contributed by atoms with Crippen LogP contribution in [0.4, 0.5) is 0 Å². The van der Waals surface area contributed by atoms with Crippen LogP contribution in [0.2, 0.25) is 0 Å². The van der Waals surface area contributed by atoms with Gasteiger partial charge in [-0.25, -0.2) is 0 Å². The number of nitrogens with two attached hydrogens (primary N) is 1. The largest absolute Gasteiger partial charge is 0.344 e. The lowest BCUT2D eigenvalue weighted by molar-refractivity contribution is -0.131. The molecule has 0 saturated carbocycles. The molecule has 144 valence electrons. The predicted molar refractivity (Wildman–Crippen MR) is 109 cm³/mol. The first-order valence-electron chi connectivity index (χ1n) is 9.22. The second-order valence-electron chi connectivity index (χ2n) is 6.61. The van der Waals surface area contributed by atoms with E-state index >= 15 is 0 Å². The Bertz CT molecular complexity index is 644. The minimum Gasteiger partial charge on any atom is -0.344 e. The van der Waals surface area contributed by atoms with E-state index in [2.05, 4.69) is 28.4 Å². The van der Waals surface area contributed by atoms with Crippen LogP contribution in [-0.4, -0.2) is 40.6 Å². The van der Waals surface area contributed by atoms with E-state index in [1.54, 1.807) is 4.90 Å². The first kappa shape index (κ1) is 22.2. The summed E-state index contributed by atoms with van der Waals surface area (Å²) in [5.74, 6) is 0.0583. The summed E-state index contributed by atoms with van der Waals surface area (Å²) in [4.78, 5) is 13.8. The lowest BCUT2D eigenvalue weighted by Crippen LogP contribution is -2.42. The van der Waals surface area contributed by atoms with E-state index < -0.39 is 0 Å². The number of benzene rings is 1. The van der Waals surface area contributed by atoms with Gasteiger partial charge in [-0.05, 0) is 31.7 Å². The van der Waals surface area contributed by atoms with E-state index in [1.165, 1.54) is 0 Å². The van der Waals surface area contributed by atoms with Crippen molar-refractivity contribution in [3.8, 4) is 11.3 Å². The maximum absolute atomic E-state index is 12.0. The van der Waals surface area contributed by atoms with E-state index in [-0.39, 0.29) is 24.4 Å². The number of hydrogen-bond donors (Lipinski definition) is 2. The minimum atomic E-state index is -0.351. The number of nitrogens with zero attached hydrogens (tertiary/aromatic N) is 2. The van der Waals surface area contributed by atoms with Crippen LogP contribution in [0.5, 0.6) is 0 Å². The number of amides is 1. The molecule has 3 N–H and O–H groups in total. The van der Waals surface area contributed by atoms with Crippen LogP contribution < -0.4 is 5.73 Å². The number of carbonyl (C=O) groups is 1. The normalized spacial score (nSPS) is 11.7. The van der Waals surface area contributed by atoms with Crippen molar-refractivity contribution in [2.24, 2.45) is 5.73 Å². The fraction of sp³-hybridized carbons (Fsp3) is 0.500. The lowest BCUT2D eigenvalue weighted by atomic mass is 10.1. The molecule has 6 heteroatoms. The molecule has 0 fully saturated rings. The van der Waals surface area contributed by atoms with E-state index in [4.69, 9.17) is 5.73 Å². The number of H-pyrrole nitrogens is 1. The fourth-order valence-electron chi connectivity index (χ4n) is 2.92. The quantitative estimate of drug-likeness (QED) is 0.617. The average Bonchev–Trinajstić information content (AvgIpc) is 3.10. The van der Waals surface area contributed by atoms with E-state index in [1.807, 2.05) is 32.2 Å². The van der Waals surface area contributed by atoms with Gasteiger partial charge in [-0.1, -0.05) is 50.1 Å². The van der Waals surface area contributed by atoms with Crippen LogP contribution in [0.3, 0.4) is 0 Å². The molecular weight excluding hydrogens is 348 g/mol. The third-order valence-electron chi connectivity index (χ3n) is 4.43. The Morgan fingerprint density at radius 2 is 1.96 bits per heavy atom. The van der Waals surface area contributed by atoms with Crippen molar-refractivity contribution in [2.45, 2.75) is 51.5 Å². The summed E-state index contributed by atoms with van der Waals surface area (Å²) in [5.41, 5.74) is 9.17. The highest BCUT2D eigenvalue weighted by Gasteiger charge is 2.16. The minimum absolute atomic E-state index is 0. The van der Waals surface area contributed by atoms with Crippen LogP contribution in [0.25, 0.3) is 11.3 Å². The SMILES string of the molecule is CCCC(N)C(=O)N(C)CCCCCc1cc(-c2ccccc2)n[nH]1.Cl. The van der Waals surface area contributed by atoms with E-state index in [0.717, 1.165) is 62.0 Å². The van der Waals surface area contributed by atoms with Gasteiger partial charge in [0.2, 0.25) is 5.91 Å². The van der Waals surface area contributed by atoms with Gasteiger partial charge in [-0.3, -0.25) is 9.89 Å². The van der Waals surface area contributed by atoms with Gasteiger partial charge in [0, 0.05) is 24.8 Å². The Kier molecular flexibility index (Phi) is 9.99. The van der Waals surface area contributed by atoms with Gasteiger partial charge < -0.3 is 10.6 Å². The molecule has 1 aromatic carbocycles. The van der Waals surface area contributed by atoms with Gasteiger partial charge >= 0.3 is 0 Å². The maximum atomic E-state index is 12.0. The summed E-state index contributed by atoms with van der Waals surface area (Å²) in [6.07, 6.45) is 5.84. The van der Waals surface area contributed by atoms with Crippen molar-refractivity contribution >= 4 is 18.3 Å². The Morgan fingerprint density at radius 1 is 1.23 bits per heavy atom. The third-order valence-corrected chi connectivity index (χ3v) is 4.43. The van der Waals surface area contributed by atoms with Crippen LogP contribution in [-0.2, 0) is 11.2 Å². The molecule has 2 aromatic rings. The van der Waals surface area contributed by atoms with Gasteiger partial charge in [0.1, 0.15) is 0 Å². The molecule has 0 aliphatic carbocycles. The summed E-state index contributed by atoms with van der Waals surface area (Å²) >= 11 is 0. The molecule has 0 saturated heterocycles. The monoisotopic (exact) mass is 378 g/mol. The summed E-state index contributed by atoms with van der Waals surface area (Å²) in [6, 6.07) is 12.0. The molecule has 1 aromatic heterocycles. The highest BCUT2D eigenvalue weighted by molar-refractivity contribution is 5.85. The Hall–Kier alpha value is -1.85. The molecule has 1 amide bonds. The number of rotatable bonds is 10. The first-order chi connectivity index (χ1) is 12.1. The summed E-state index contributed by atoms with van der Waals surface area (Å²) in [7, 11) is 1.85. The molecule has 1 atom stereocenters. The zero-order chi connectivity index (χ0) is 18.1. The standard InChI is InChI=1S/C20H30N4O.ClH/c1-3-10-18(21)20(25)24(2)14-9-5-8-13-17-15-19(23-22-17)16-11-6-4-7-12-16;/h4,6-7,11-12,15,18H,3,5,8-10,13-14,21H2,1-2H3,(H,22,23);1H. The Balaban J connectivity index is 0.00000338. The lowest BCUT2D eigenvalue weighted by Gasteiger charge is -2.20. The Morgan fingerprint density at radius 3 is 2.65 bits per heavy atom. The number of nitrogens with one attached hydrogen (secondary N) is 1. The zero-order valence-corrected chi connectivity index (χ0v) is 16.6. The predicted octanol–water partition coefficient (Wildman–Crippen LogP) is 3.80. The second kappa shape index (κ2) is 11.7. The summed E-state index contributed by atoms with van der Waals surface area (Å²) < 4.78 is 0. The number of carbonyl (C=O) groups excluding carboxylic acids is 1. The van der Waals surface area contributed by atoms with Gasteiger partial charge in [0.05, 0.1) is 11.7 Å². The zero-order valence-electron chi connectivity index (χ0n) is 15.8. The van der Waals surface area contributed by atoms with Gasteiger partial charge in [-0.15, -0.1) is 12.4 Å². The van der Waals surface area contributed by atoms with E-state index in [9.17, 15) is 4.79 Å². The molecule has 0 radical (unpaired) electrons. The molecule has 0 spiro atoms. The molecule has 2 rings (SSSR count). The molecule has 1 unspecified atom stereocenters. The number of aromatic amines is 1. The molecule has 5 nitrogen and oxygen atoms in total. The number of unbranched alkanes of at least 4 members (excludes halogenated alkanes) is 2. The fourth-order valence-corrected chi connectivity index (χ4v) is 2.92. The number of aromatic nitrogens is 2. The smallest absolute Gasteiger partial charge is 0.239 e. The summed E-state index contributed by atoms with van der Waals surface area (Å²) in [6.45, 7) is 2.82. The van der Waals surface area contributed by atoms with Crippen molar-refractivity contribution in [1.82, 2.24) is 15.1 Å². The van der Waals surface area contributed by atoms with Gasteiger partial charge in [0.15, 0.2) is 0 Å². The summed E-state index contributed by atoms with van der Waals surface area (Å²) in [5, 5.41) is 7.50. The van der Waals surface area contributed by atoms with Gasteiger partial charge in [0.25, 0.3) is 0 Å². The molecule has 0 aliphatic heterocycles. The molecule has 0 bridgehead atoms. The van der Waals surface area contributed by atoms with E-state index in [0.29, 0.717) is 0 Å². The van der Waals surface area contributed by atoms with Crippen LogP contribution in [0.1, 0.15) is 44.7 Å². The van der Waals surface area contributed by atoms with Crippen LogP contribution >= 0.6 is 12.4 Å². The highest BCUT2D eigenvalue weighted by atomic mass is 35.5. The molecular formula is C20H31ClN4O. The molecule has 1 heterocycles. The number of hydrogen-bond acceptors (Lipinski definition) is 3. The number of likely N-dealkylation sites (N-methyl/N-ethyl adjacent to an activating group) is 1. The van der Waals surface area contributed by atoms with Gasteiger partial charge in [-0.2, -0.15) is 5.10 Å². The first-order valence-corrected chi connectivity index (χ1v) is 9.22. The van der Waals surface area contributed by atoms with Crippen molar-refractivity contribution < 1.29 is 4.79 Å². The molecule has 0 aliphatic rings. The maximum Gasteiger partial charge on any atom is 0.239 e. The van der Waals surface area contributed by atoms with Crippen LogP contribution in [0.15, 0.2) is 36.4 Å². The molecule has 26 heavy (non-hydrogen) atoms. The second-order valence-corrected chi connectivity index (χ2v) is 6.61. The topological polar surface area (TPSA) is 75.0 Å². The van der Waals surface area contributed by atoms with Crippen molar-refractivity contribution in [2.75, 3.05) is 13.6 Å². The van der Waals surface area contributed by atoms with Crippen molar-refractivity contribution in [3.05, 3.63) is 42.1 Å². The van der Waals surface area contributed by atoms with Crippen molar-refractivity contribution in [1.29, 1.82) is 0 Å².